The van der Waals surface area contributed by atoms with Crippen molar-refractivity contribution in [1.82, 2.24) is 9.88 Å². The van der Waals surface area contributed by atoms with Gasteiger partial charge in [-0.25, -0.2) is 4.98 Å². The van der Waals surface area contributed by atoms with Gasteiger partial charge in [-0.15, -0.1) is 0 Å². The fourth-order valence-electron chi connectivity index (χ4n) is 2.37. The molecular formula is C14H17F3N2O4. The number of pyridine rings is 1. The predicted molar refractivity (Wildman–Crippen MR) is 73.1 cm³/mol. The van der Waals surface area contributed by atoms with Crippen molar-refractivity contribution >= 4 is 5.91 Å². The number of aromatic nitrogens is 1. The van der Waals surface area contributed by atoms with Crippen molar-refractivity contribution in [3.8, 4) is 5.75 Å². The van der Waals surface area contributed by atoms with E-state index in [1.54, 1.807) is 0 Å². The van der Waals surface area contributed by atoms with Crippen LogP contribution in [-0.4, -0.2) is 66.1 Å². The first-order chi connectivity index (χ1) is 10.8. The number of hydrogen-bond acceptors (Lipinski definition) is 5. The van der Waals surface area contributed by atoms with E-state index < -0.39 is 18.7 Å². The third kappa shape index (κ3) is 4.55. The Balaban J connectivity index is 2.02. The van der Waals surface area contributed by atoms with Gasteiger partial charge < -0.3 is 19.5 Å². The molecule has 23 heavy (non-hydrogen) atoms. The van der Waals surface area contributed by atoms with Gasteiger partial charge in [-0.1, -0.05) is 0 Å². The molecule has 9 heteroatoms. The summed E-state index contributed by atoms with van der Waals surface area (Å²) in [5.41, 5.74) is 0.0690. The van der Waals surface area contributed by atoms with Crippen LogP contribution in [0.3, 0.4) is 0 Å². The zero-order valence-corrected chi connectivity index (χ0v) is 12.4. The Hall–Kier alpha value is -1.87. The van der Waals surface area contributed by atoms with E-state index in [0.717, 1.165) is 6.20 Å². The summed E-state index contributed by atoms with van der Waals surface area (Å²) in [4.78, 5) is 17.7. The smallest absolute Gasteiger partial charge is 0.422 e. The van der Waals surface area contributed by atoms with Crippen LogP contribution < -0.4 is 4.74 Å². The average molecular weight is 334 g/mol. The zero-order chi connectivity index (χ0) is 17.0. The Kier molecular flexibility index (Phi) is 5.42. The maximum absolute atomic E-state index is 12.4. The van der Waals surface area contributed by atoms with E-state index >= 15 is 0 Å². The van der Waals surface area contributed by atoms with Gasteiger partial charge >= 0.3 is 6.18 Å². The molecule has 0 bridgehead atoms. The highest BCUT2D eigenvalue weighted by Gasteiger charge is 2.35. The number of alkyl halides is 3. The van der Waals surface area contributed by atoms with E-state index in [2.05, 4.69) is 9.72 Å². The monoisotopic (exact) mass is 334 g/mol. The molecule has 1 aliphatic rings. The first kappa shape index (κ1) is 17.5. The highest BCUT2D eigenvalue weighted by Crippen LogP contribution is 2.23. The van der Waals surface area contributed by atoms with Gasteiger partial charge in [-0.05, 0) is 18.6 Å². The summed E-state index contributed by atoms with van der Waals surface area (Å²) in [7, 11) is 1.53. The minimum Gasteiger partial charge on any atom is -0.483 e. The highest BCUT2D eigenvalue weighted by atomic mass is 19.4. The summed E-state index contributed by atoms with van der Waals surface area (Å²) < 4.78 is 45.9. The van der Waals surface area contributed by atoms with Crippen molar-refractivity contribution < 1.29 is 32.5 Å². The standard InChI is InChI=1S/C14H17F3N2O4/c1-22-11-4-9(7-20)19(6-11)13(21)12-3-2-10(5-18-12)23-8-14(15,16)17/h2-3,5,9,11,20H,4,6-8H2,1H3/t9-,11-/m0/s1. The largest absolute Gasteiger partial charge is 0.483 e. The van der Waals surface area contributed by atoms with Crippen molar-refractivity contribution in [3.63, 3.8) is 0 Å². The van der Waals surface area contributed by atoms with E-state index in [4.69, 9.17) is 4.74 Å². The Morgan fingerprint density at radius 1 is 1.48 bits per heavy atom. The van der Waals surface area contributed by atoms with Gasteiger partial charge in [0.2, 0.25) is 0 Å². The molecule has 2 atom stereocenters. The van der Waals surface area contributed by atoms with Crippen LogP contribution in [0.2, 0.25) is 0 Å². The number of ether oxygens (including phenoxy) is 2. The zero-order valence-electron chi connectivity index (χ0n) is 12.4. The number of aliphatic hydroxyl groups excluding tert-OH is 1. The number of rotatable bonds is 5. The lowest BCUT2D eigenvalue weighted by atomic mass is 10.2. The maximum Gasteiger partial charge on any atom is 0.422 e. The number of amides is 1. The number of carbonyl (C=O) groups is 1. The van der Waals surface area contributed by atoms with Crippen LogP contribution in [0.1, 0.15) is 16.9 Å². The van der Waals surface area contributed by atoms with Crippen molar-refractivity contribution in [2.24, 2.45) is 0 Å². The summed E-state index contributed by atoms with van der Waals surface area (Å²) in [6.45, 7) is -1.29. The number of methoxy groups -OCH3 is 1. The topological polar surface area (TPSA) is 71.9 Å². The molecule has 1 aromatic rings. The fourth-order valence-corrected chi connectivity index (χ4v) is 2.37. The molecule has 0 aliphatic carbocycles. The summed E-state index contributed by atoms with van der Waals surface area (Å²) >= 11 is 0. The molecule has 0 saturated carbocycles. The molecule has 1 saturated heterocycles. The van der Waals surface area contributed by atoms with Crippen molar-refractivity contribution in [2.45, 2.75) is 24.7 Å². The number of halogens is 3. The normalized spacial score (nSPS) is 21.5. The Labute approximate surface area is 130 Å². The average Bonchev–Trinajstić information content (AvgIpc) is 2.95. The summed E-state index contributed by atoms with van der Waals surface area (Å²) in [5.74, 6) is -0.486. The van der Waals surface area contributed by atoms with Gasteiger partial charge in [0, 0.05) is 13.7 Å². The molecule has 1 N–H and O–H groups in total. The molecule has 0 spiro atoms. The molecular weight excluding hydrogens is 317 g/mol. The first-order valence-electron chi connectivity index (χ1n) is 6.94. The van der Waals surface area contributed by atoms with E-state index in [1.165, 1.54) is 24.1 Å². The third-order valence-corrected chi connectivity index (χ3v) is 3.54. The van der Waals surface area contributed by atoms with Crippen molar-refractivity contribution in [3.05, 3.63) is 24.0 Å². The molecule has 0 unspecified atom stereocenters. The van der Waals surface area contributed by atoms with Crippen LogP contribution >= 0.6 is 0 Å². The fraction of sp³-hybridized carbons (Fsp3) is 0.571. The number of hydrogen-bond donors (Lipinski definition) is 1. The van der Waals surface area contributed by atoms with E-state index in [1.807, 2.05) is 0 Å². The second kappa shape index (κ2) is 7.14. The second-order valence-corrected chi connectivity index (χ2v) is 5.17. The minimum absolute atomic E-state index is 0.0690. The van der Waals surface area contributed by atoms with Crippen LogP contribution in [-0.2, 0) is 4.74 Å². The molecule has 6 nitrogen and oxygen atoms in total. The molecule has 2 heterocycles. The Bertz CT molecular complexity index is 536. The molecule has 0 radical (unpaired) electrons. The number of nitrogens with zero attached hydrogens (tertiary/aromatic N) is 2. The lowest BCUT2D eigenvalue weighted by Gasteiger charge is -2.22. The van der Waals surface area contributed by atoms with Crippen LogP contribution in [0.15, 0.2) is 18.3 Å². The third-order valence-electron chi connectivity index (χ3n) is 3.54. The van der Waals surface area contributed by atoms with Gasteiger partial charge in [0.15, 0.2) is 6.61 Å². The summed E-state index contributed by atoms with van der Waals surface area (Å²) in [5, 5.41) is 9.34. The lowest BCUT2D eigenvalue weighted by Crippen LogP contribution is -2.38. The van der Waals surface area contributed by atoms with E-state index in [-0.39, 0.29) is 30.2 Å². The number of likely N-dealkylation sites (tertiary alicyclic amines) is 1. The van der Waals surface area contributed by atoms with E-state index in [0.29, 0.717) is 13.0 Å². The number of aliphatic hydroxyl groups is 1. The van der Waals surface area contributed by atoms with Gasteiger partial charge in [-0.3, -0.25) is 4.79 Å². The summed E-state index contributed by atoms with van der Waals surface area (Å²) in [6.07, 6.45) is -3.01. The molecule has 2 rings (SSSR count). The van der Waals surface area contributed by atoms with E-state index in [9.17, 15) is 23.1 Å². The van der Waals surface area contributed by atoms with Crippen LogP contribution in [0, 0.1) is 0 Å². The maximum atomic E-state index is 12.4. The van der Waals surface area contributed by atoms with Gasteiger partial charge in [0.25, 0.3) is 5.91 Å². The second-order valence-electron chi connectivity index (χ2n) is 5.17. The predicted octanol–water partition coefficient (Wildman–Crippen LogP) is 1.24. The summed E-state index contributed by atoms with van der Waals surface area (Å²) in [6, 6.07) is 2.18. The molecule has 128 valence electrons. The SMILES string of the molecule is CO[C@H]1C[C@@H](CO)N(C(=O)c2ccc(OCC(F)(F)F)cn2)C1. The molecule has 1 aromatic heterocycles. The van der Waals surface area contributed by atoms with Crippen LogP contribution in [0.25, 0.3) is 0 Å². The molecule has 1 amide bonds. The van der Waals surface area contributed by atoms with Crippen LogP contribution in [0.4, 0.5) is 13.2 Å². The Morgan fingerprint density at radius 3 is 2.74 bits per heavy atom. The Morgan fingerprint density at radius 2 is 2.22 bits per heavy atom. The molecule has 1 aliphatic heterocycles. The van der Waals surface area contributed by atoms with Crippen molar-refractivity contribution in [2.75, 3.05) is 26.9 Å². The van der Waals surface area contributed by atoms with Gasteiger partial charge in [0.05, 0.1) is 24.9 Å². The molecule has 1 fully saturated rings. The van der Waals surface area contributed by atoms with Crippen molar-refractivity contribution in [1.29, 1.82) is 0 Å². The molecule has 0 aromatic carbocycles. The van der Waals surface area contributed by atoms with Crippen LogP contribution in [0.5, 0.6) is 5.75 Å². The first-order valence-corrected chi connectivity index (χ1v) is 6.94. The van der Waals surface area contributed by atoms with Gasteiger partial charge in [-0.2, -0.15) is 13.2 Å². The lowest BCUT2D eigenvalue weighted by molar-refractivity contribution is -0.153. The highest BCUT2D eigenvalue weighted by molar-refractivity contribution is 5.92. The number of carbonyl (C=O) groups excluding carboxylic acids is 1. The quantitative estimate of drug-likeness (QED) is 0.877. The minimum atomic E-state index is -4.44. The van der Waals surface area contributed by atoms with Gasteiger partial charge in [0.1, 0.15) is 11.4 Å².